The minimum Gasteiger partial charge on any atom is -0.479 e. The second-order valence-corrected chi connectivity index (χ2v) is 6.61. The van der Waals surface area contributed by atoms with Crippen LogP contribution in [0.5, 0.6) is 5.75 Å². The molecule has 0 aliphatic carbocycles. The van der Waals surface area contributed by atoms with Gasteiger partial charge in [0.25, 0.3) is 5.91 Å². The van der Waals surface area contributed by atoms with Crippen LogP contribution in [0.1, 0.15) is 25.8 Å². The van der Waals surface area contributed by atoms with E-state index >= 15 is 0 Å². The Balaban J connectivity index is 2.18. The standard InChI is InChI=1S/C17H18BrClN2O5/c1-3-5-21-16(23)13(20-17(21)24)8-10-6-11(18)15(12(19)7-10)26-9-14(22)25-4-2/h6-8H,3-5,9H2,1-2H3,(H,20,24)/b13-8+. The van der Waals surface area contributed by atoms with Crippen molar-refractivity contribution in [2.45, 2.75) is 20.3 Å². The van der Waals surface area contributed by atoms with Gasteiger partial charge < -0.3 is 14.8 Å². The van der Waals surface area contributed by atoms with Crippen LogP contribution in [-0.2, 0) is 14.3 Å². The van der Waals surface area contributed by atoms with E-state index in [2.05, 4.69) is 21.2 Å². The monoisotopic (exact) mass is 444 g/mol. The Morgan fingerprint density at radius 1 is 1.35 bits per heavy atom. The van der Waals surface area contributed by atoms with Gasteiger partial charge in [-0.2, -0.15) is 0 Å². The summed E-state index contributed by atoms with van der Waals surface area (Å²) in [5.74, 6) is -0.597. The van der Waals surface area contributed by atoms with Crippen molar-refractivity contribution >= 4 is 51.5 Å². The van der Waals surface area contributed by atoms with Gasteiger partial charge in [-0.1, -0.05) is 18.5 Å². The normalized spacial score (nSPS) is 15.4. The number of carbonyl (C=O) groups is 3. The molecule has 0 atom stereocenters. The van der Waals surface area contributed by atoms with E-state index in [0.717, 1.165) is 4.90 Å². The maximum Gasteiger partial charge on any atom is 0.344 e. The first-order chi connectivity index (χ1) is 12.4. The minimum absolute atomic E-state index is 0.173. The van der Waals surface area contributed by atoms with Crippen LogP contribution in [0, 0.1) is 0 Å². The molecule has 1 heterocycles. The number of rotatable bonds is 7. The van der Waals surface area contributed by atoms with Crippen LogP contribution in [-0.4, -0.2) is 42.6 Å². The summed E-state index contributed by atoms with van der Waals surface area (Å²) >= 11 is 9.53. The molecule has 1 saturated heterocycles. The van der Waals surface area contributed by atoms with Crippen LogP contribution >= 0.6 is 27.5 Å². The SMILES string of the molecule is CCCN1C(=O)N/C(=C/c2cc(Cl)c(OCC(=O)OCC)c(Br)c2)C1=O. The van der Waals surface area contributed by atoms with Gasteiger partial charge in [0.2, 0.25) is 0 Å². The van der Waals surface area contributed by atoms with Crippen molar-refractivity contribution in [3.8, 4) is 5.75 Å². The highest BCUT2D eigenvalue weighted by molar-refractivity contribution is 9.10. The third-order valence-electron chi connectivity index (χ3n) is 3.38. The second-order valence-electron chi connectivity index (χ2n) is 5.35. The summed E-state index contributed by atoms with van der Waals surface area (Å²) in [5.41, 5.74) is 0.763. The highest BCUT2D eigenvalue weighted by atomic mass is 79.9. The van der Waals surface area contributed by atoms with Gasteiger partial charge in [-0.05, 0) is 53.0 Å². The number of hydrogen-bond donors (Lipinski definition) is 1. The molecule has 7 nitrogen and oxygen atoms in total. The van der Waals surface area contributed by atoms with E-state index in [1.807, 2.05) is 6.92 Å². The molecule has 2 rings (SSSR count). The Hall–Kier alpha value is -2.06. The molecule has 26 heavy (non-hydrogen) atoms. The summed E-state index contributed by atoms with van der Waals surface area (Å²) < 4.78 is 10.7. The fourth-order valence-electron chi connectivity index (χ4n) is 2.30. The van der Waals surface area contributed by atoms with Crippen LogP contribution in [0.15, 0.2) is 22.3 Å². The molecule has 1 N–H and O–H groups in total. The lowest BCUT2D eigenvalue weighted by Gasteiger charge is -2.11. The number of hydrogen-bond acceptors (Lipinski definition) is 5. The van der Waals surface area contributed by atoms with Crippen molar-refractivity contribution in [3.05, 3.63) is 32.9 Å². The summed E-state index contributed by atoms with van der Waals surface area (Å²) in [6.07, 6.45) is 2.21. The number of esters is 1. The van der Waals surface area contributed by atoms with E-state index in [4.69, 9.17) is 21.1 Å². The van der Waals surface area contributed by atoms with Gasteiger partial charge in [-0.15, -0.1) is 0 Å². The molecule has 140 valence electrons. The summed E-state index contributed by atoms with van der Waals surface area (Å²) in [7, 11) is 0. The highest BCUT2D eigenvalue weighted by Crippen LogP contribution is 2.35. The molecular formula is C17H18BrClN2O5. The maximum absolute atomic E-state index is 12.2. The zero-order valence-electron chi connectivity index (χ0n) is 14.3. The number of nitrogens with one attached hydrogen (secondary N) is 1. The van der Waals surface area contributed by atoms with Crippen LogP contribution in [0.3, 0.4) is 0 Å². The quantitative estimate of drug-likeness (QED) is 0.395. The lowest BCUT2D eigenvalue weighted by atomic mass is 10.2. The van der Waals surface area contributed by atoms with Crippen molar-refractivity contribution in [2.24, 2.45) is 0 Å². The molecule has 1 fully saturated rings. The number of ether oxygens (including phenoxy) is 2. The smallest absolute Gasteiger partial charge is 0.344 e. The van der Waals surface area contributed by atoms with Gasteiger partial charge >= 0.3 is 12.0 Å². The molecule has 1 aliphatic rings. The van der Waals surface area contributed by atoms with Crippen molar-refractivity contribution in [1.29, 1.82) is 0 Å². The molecule has 3 amide bonds. The summed E-state index contributed by atoms with van der Waals surface area (Å²) in [4.78, 5) is 36.6. The largest absolute Gasteiger partial charge is 0.479 e. The van der Waals surface area contributed by atoms with Gasteiger partial charge in [-0.25, -0.2) is 9.59 Å². The molecule has 0 saturated carbocycles. The molecule has 0 bridgehead atoms. The average Bonchev–Trinajstić information content (AvgIpc) is 2.82. The van der Waals surface area contributed by atoms with Crippen LogP contribution in [0.4, 0.5) is 4.79 Å². The van der Waals surface area contributed by atoms with Crippen LogP contribution in [0.25, 0.3) is 6.08 Å². The first-order valence-electron chi connectivity index (χ1n) is 7.99. The zero-order valence-corrected chi connectivity index (χ0v) is 16.6. The van der Waals surface area contributed by atoms with Crippen molar-refractivity contribution in [1.82, 2.24) is 10.2 Å². The number of halogens is 2. The molecule has 0 aromatic heterocycles. The Morgan fingerprint density at radius 2 is 2.08 bits per heavy atom. The Labute approximate surface area is 164 Å². The number of imide groups is 1. The van der Waals surface area contributed by atoms with E-state index in [0.29, 0.717) is 23.0 Å². The lowest BCUT2D eigenvalue weighted by molar-refractivity contribution is -0.145. The number of nitrogens with zero attached hydrogens (tertiary/aromatic N) is 1. The average molecular weight is 446 g/mol. The minimum atomic E-state index is -0.503. The first-order valence-corrected chi connectivity index (χ1v) is 9.16. The summed E-state index contributed by atoms with van der Waals surface area (Å²) in [6.45, 7) is 3.93. The maximum atomic E-state index is 12.2. The second kappa shape index (κ2) is 9.05. The summed E-state index contributed by atoms with van der Waals surface area (Å²) in [5, 5.41) is 2.79. The van der Waals surface area contributed by atoms with Crippen molar-refractivity contribution < 1.29 is 23.9 Å². The number of carbonyl (C=O) groups excluding carboxylic acids is 3. The van der Waals surface area contributed by atoms with E-state index in [9.17, 15) is 14.4 Å². The molecular weight excluding hydrogens is 428 g/mol. The highest BCUT2D eigenvalue weighted by Gasteiger charge is 2.32. The predicted molar refractivity (Wildman–Crippen MR) is 99.8 cm³/mol. The fourth-order valence-corrected chi connectivity index (χ4v) is 3.29. The number of urea groups is 1. The first kappa shape index (κ1) is 20.3. The van der Waals surface area contributed by atoms with E-state index in [1.165, 1.54) is 6.08 Å². The lowest BCUT2D eigenvalue weighted by Crippen LogP contribution is -2.31. The number of benzene rings is 1. The van der Waals surface area contributed by atoms with Gasteiger partial charge in [-0.3, -0.25) is 9.69 Å². The summed E-state index contributed by atoms with van der Waals surface area (Å²) in [6, 6.07) is 2.80. The molecule has 1 aliphatic heterocycles. The third-order valence-corrected chi connectivity index (χ3v) is 4.25. The van der Waals surface area contributed by atoms with E-state index in [1.54, 1.807) is 19.1 Å². The van der Waals surface area contributed by atoms with Crippen molar-refractivity contribution in [2.75, 3.05) is 19.8 Å². The topological polar surface area (TPSA) is 84.9 Å². The Bertz CT molecular complexity index is 743. The molecule has 0 unspecified atom stereocenters. The Kier molecular flexibility index (Phi) is 7.05. The molecule has 1 aromatic rings. The molecule has 0 spiro atoms. The zero-order chi connectivity index (χ0) is 19.3. The third kappa shape index (κ3) is 4.76. The predicted octanol–water partition coefficient (Wildman–Crippen LogP) is 3.35. The van der Waals surface area contributed by atoms with Gasteiger partial charge in [0, 0.05) is 6.54 Å². The molecule has 1 aromatic carbocycles. The fraction of sp³-hybridized carbons (Fsp3) is 0.353. The number of amides is 3. The molecule has 9 heteroatoms. The molecule has 0 radical (unpaired) electrons. The van der Waals surface area contributed by atoms with Gasteiger partial charge in [0.15, 0.2) is 12.4 Å². The van der Waals surface area contributed by atoms with Crippen molar-refractivity contribution in [3.63, 3.8) is 0 Å². The van der Waals surface area contributed by atoms with E-state index in [-0.39, 0.29) is 35.6 Å². The van der Waals surface area contributed by atoms with E-state index < -0.39 is 12.0 Å². The van der Waals surface area contributed by atoms with Crippen LogP contribution in [0.2, 0.25) is 5.02 Å². The van der Waals surface area contributed by atoms with Gasteiger partial charge in [0.05, 0.1) is 16.1 Å². The van der Waals surface area contributed by atoms with Crippen LogP contribution < -0.4 is 10.1 Å². The van der Waals surface area contributed by atoms with Gasteiger partial charge in [0.1, 0.15) is 5.70 Å². The Morgan fingerprint density at radius 3 is 2.69 bits per heavy atom.